The fourth-order valence-electron chi connectivity index (χ4n) is 7.40. The van der Waals surface area contributed by atoms with Crippen LogP contribution in [0.1, 0.15) is 120 Å². The predicted molar refractivity (Wildman–Crippen MR) is 246 cm³/mol. The van der Waals surface area contributed by atoms with E-state index in [1.807, 2.05) is 64.1 Å². The molecule has 0 spiro atoms. The maximum Gasteiger partial charge on any atom is 0.267 e. The molecular formula is C48H69ClN6O5. The minimum atomic E-state index is -0.498. The quantitative estimate of drug-likeness (QED) is 0.116. The van der Waals surface area contributed by atoms with Gasteiger partial charge in [0.2, 0.25) is 17.4 Å². The first-order valence-electron chi connectivity index (χ1n) is 21.5. The molecule has 2 unspecified atom stereocenters. The topological polar surface area (TPSA) is 140 Å². The number of hydrogen-bond donors (Lipinski definition) is 3. The molecule has 2 aromatic heterocycles. The number of aliphatic hydroxyl groups is 1. The van der Waals surface area contributed by atoms with Crippen molar-refractivity contribution >= 4 is 29.1 Å². The van der Waals surface area contributed by atoms with Crippen LogP contribution in [-0.4, -0.2) is 58.3 Å². The number of carbonyl (C=O) groups excluding carboxylic acids is 2. The van der Waals surface area contributed by atoms with Crippen molar-refractivity contribution in [3.8, 4) is 28.3 Å². The number of hydrogen-bond acceptors (Lipinski definition) is 7. The van der Waals surface area contributed by atoms with E-state index in [-0.39, 0.29) is 29.9 Å². The third-order valence-corrected chi connectivity index (χ3v) is 12.1. The highest BCUT2D eigenvalue weighted by Gasteiger charge is 2.26. The number of ether oxygens (including phenoxy) is 1. The van der Waals surface area contributed by atoms with E-state index >= 15 is 0 Å². The molecule has 3 N–H and O–H groups in total. The van der Waals surface area contributed by atoms with Crippen molar-refractivity contribution < 1.29 is 19.4 Å². The number of aliphatic hydroxyl groups excluding tert-OH is 1. The van der Waals surface area contributed by atoms with Crippen molar-refractivity contribution in [2.75, 3.05) is 32.6 Å². The number of benzene rings is 2. The zero-order chi connectivity index (χ0) is 44.7. The highest BCUT2D eigenvalue weighted by atomic mass is 35.5. The SMILES string of the molecule is CCCC[C@H](C)CC.CCNC(=O)C(C)C(C)CCO.CN=c1n(C)cc(C(=O)Nc2cccc(-c3cccc(-c4cc5c(c(OC)n4)[C@H](C)CC5)c3Cl)c2C)c(=O)n1C. The first-order valence-corrected chi connectivity index (χ1v) is 21.8. The molecule has 4 atom stereocenters. The van der Waals surface area contributed by atoms with Gasteiger partial charge in [0, 0.05) is 68.8 Å². The maximum absolute atomic E-state index is 13.2. The molecule has 2 aromatic carbocycles. The Morgan fingerprint density at radius 1 is 1.05 bits per heavy atom. The van der Waals surface area contributed by atoms with Gasteiger partial charge in [-0.2, -0.15) is 0 Å². The van der Waals surface area contributed by atoms with Gasteiger partial charge in [-0.05, 0) is 79.7 Å². The average molecular weight is 846 g/mol. The van der Waals surface area contributed by atoms with Crippen LogP contribution in [0.5, 0.6) is 5.88 Å². The average Bonchev–Trinajstić information content (AvgIpc) is 3.62. The number of pyridine rings is 1. The van der Waals surface area contributed by atoms with E-state index in [9.17, 15) is 14.4 Å². The fraction of sp³-hybridized carbons (Fsp3) is 0.521. The lowest BCUT2D eigenvalue weighted by Gasteiger charge is -2.17. The van der Waals surface area contributed by atoms with E-state index in [0.29, 0.717) is 41.1 Å². The summed E-state index contributed by atoms with van der Waals surface area (Å²) in [5, 5.41) is 14.9. The van der Waals surface area contributed by atoms with E-state index in [0.717, 1.165) is 46.7 Å². The van der Waals surface area contributed by atoms with Crippen LogP contribution in [0.15, 0.2) is 58.4 Å². The van der Waals surface area contributed by atoms with Gasteiger partial charge in [0.05, 0.1) is 17.8 Å². The second-order valence-electron chi connectivity index (χ2n) is 16.0. The standard InChI is InChI=1S/C31H32ClN5O3.C9H19NO2.C8H18/c1-17-13-14-19-15-25(35-29(40-6)26(17)19)22-11-7-10-21(27(22)32)20-9-8-12-24(18(20)2)34-28(38)23-16-36(4)31(33-3)37(5)30(23)39;1-4-10-9(12)8(3)7(2)5-6-11;1-4-6-7-8(3)5-2/h7-12,15-17H,13-14H2,1-6H3,(H,34,38);7-8,11H,4-6H2,1-3H3,(H,10,12);8H,4-7H2,1-3H3/t17-;;8-/m1.1/s1. The number of carbonyl (C=O) groups is 2. The van der Waals surface area contributed by atoms with Gasteiger partial charge in [0.25, 0.3) is 11.5 Å². The van der Waals surface area contributed by atoms with Crippen LogP contribution < -0.4 is 26.5 Å². The van der Waals surface area contributed by atoms with E-state index in [4.69, 9.17) is 26.4 Å². The van der Waals surface area contributed by atoms with Gasteiger partial charge in [0.15, 0.2) is 0 Å². The number of fused-ring (bicyclic) bond motifs is 1. The van der Waals surface area contributed by atoms with Crippen molar-refractivity contribution in [3.05, 3.63) is 91.9 Å². The minimum Gasteiger partial charge on any atom is -0.481 e. The predicted octanol–water partition coefficient (Wildman–Crippen LogP) is 9.26. The number of rotatable bonds is 14. The summed E-state index contributed by atoms with van der Waals surface area (Å²) in [5.74, 6) is 1.85. The van der Waals surface area contributed by atoms with Gasteiger partial charge >= 0.3 is 0 Å². The molecule has 0 fully saturated rings. The van der Waals surface area contributed by atoms with Crippen molar-refractivity contribution in [2.45, 2.75) is 106 Å². The molecule has 2 heterocycles. The number of aromatic nitrogens is 3. The molecule has 4 aromatic rings. The number of anilines is 1. The zero-order valence-corrected chi connectivity index (χ0v) is 38.8. The van der Waals surface area contributed by atoms with Crippen LogP contribution in [0.3, 0.4) is 0 Å². The van der Waals surface area contributed by atoms with Crippen LogP contribution >= 0.6 is 11.6 Å². The Kier molecular flexibility index (Phi) is 19.8. The number of nitrogens with zero attached hydrogens (tertiary/aromatic N) is 4. The highest BCUT2D eigenvalue weighted by molar-refractivity contribution is 6.36. The lowest BCUT2D eigenvalue weighted by molar-refractivity contribution is -0.125. The van der Waals surface area contributed by atoms with Gasteiger partial charge < -0.3 is 25.0 Å². The smallest absolute Gasteiger partial charge is 0.267 e. The molecule has 0 saturated carbocycles. The van der Waals surface area contributed by atoms with E-state index < -0.39 is 11.5 Å². The first-order chi connectivity index (χ1) is 28.6. The van der Waals surface area contributed by atoms with Gasteiger partial charge in [-0.25, -0.2) is 4.98 Å². The van der Waals surface area contributed by atoms with Crippen LogP contribution in [0, 0.1) is 24.7 Å². The molecule has 328 valence electrons. The Bertz CT molecular complexity index is 2200. The van der Waals surface area contributed by atoms with Crippen molar-refractivity contribution in [2.24, 2.45) is 36.8 Å². The summed E-state index contributed by atoms with van der Waals surface area (Å²) in [6, 6.07) is 13.6. The van der Waals surface area contributed by atoms with Gasteiger partial charge in [-0.15, -0.1) is 0 Å². The lowest BCUT2D eigenvalue weighted by atomic mass is 9.92. The van der Waals surface area contributed by atoms with Crippen molar-refractivity contribution in [1.29, 1.82) is 0 Å². The summed E-state index contributed by atoms with van der Waals surface area (Å²) in [6.45, 7) is 17.6. The number of methoxy groups -OCH3 is 1. The zero-order valence-electron chi connectivity index (χ0n) is 38.0. The lowest BCUT2D eigenvalue weighted by Crippen LogP contribution is -2.41. The fourth-order valence-corrected chi connectivity index (χ4v) is 7.72. The molecule has 0 aliphatic heterocycles. The molecule has 12 heteroatoms. The molecule has 1 aliphatic carbocycles. The summed E-state index contributed by atoms with van der Waals surface area (Å²) in [5.41, 5.74) is 7.16. The Morgan fingerprint density at radius 3 is 2.33 bits per heavy atom. The summed E-state index contributed by atoms with van der Waals surface area (Å²) in [7, 11) is 6.59. The molecule has 0 radical (unpaired) electrons. The molecule has 11 nitrogen and oxygen atoms in total. The minimum absolute atomic E-state index is 0.00269. The molecule has 60 heavy (non-hydrogen) atoms. The Morgan fingerprint density at radius 2 is 1.72 bits per heavy atom. The molecule has 1 aliphatic rings. The van der Waals surface area contributed by atoms with E-state index in [1.54, 1.807) is 32.8 Å². The largest absolute Gasteiger partial charge is 0.481 e. The van der Waals surface area contributed by atoms with E-state index in [2.05, 4.69) is 49.4 Å². The third-order valence-electron chi connectivity index (χ3n) is 11.7. The molecular weight excluding hydrogens is 776 g/mol. The van der Waals surface area contributed by atoms with Gasteiger partial charge in [-0.1, -0.05) is 109 Å². The summed E-state index contributed by atoms with van der Waals surface area (Å²) in [6.07, 6.45) is 9.78. The number of amides is 2. The third kappa shape index (κ3) is 12.4. The van der Waals surface area contributed by atoms with Crippen molar-refractivity contribution in [1.82, 2.24) is 19.4 Å². The van der Waals surface area contributed by atoms with Crippen molar-refractivity contribution in [3.63, 3.8) is 0 Å². The molecule has 2 amide bonds. The Hall–Kier alpha value is -4.74. The Balaban J connectivity index is 0.000000397. The second kappa shape index (κ2) is 23.9. The molecule has 0 bridgehead atoms. The number of aryl methyl sites for hydroxylation is 2. The molecule has 5 rings (SSSR count). The Labute approximate surface area is 362 Å². The van der Waals surface area contributed by atoms with Crippen LogP contribution in [0.25, 0.3) is 22.4 Å². The van der Waals surface area contributed by atoms with Gasteiger partial charge in [0.1, 0.15) is 5.56 Å². The molecule has 0 saturated heterocycles. The number of unbranched alkanes of at least 4 members (excludes halogenated alkanes) is 1. The highest BCUT2D eigenvalue weighted by Crippen LogP contribution is 2.43. The number of nitrogens with one attached hydrogen (secondary N) is 2. The van der Waals surface area contributed by atoms with Gasteiger partial charge in [-0.3, -0.25) is 23.9 Å². The summed E-state index contributed by atoms with van der Waals surface area (Å²) in [4.78, 5) is 46.3. The van der Waals surface area contributed by atoms with E-state index in [1.165, 1.54) is 47.6 Å². The number of halogens is 1. The van der Waals surface area contributed by atoms with Crippen LogP contribution in [0.4, 0.5) is 5.69 Å². The van der Waals surface area contributed by atoms with Crippen LogP contribution in [-0.2, 0) is 25.3 Å². The first kappa shape index (κ1) is 49.6. The van der Waals surface area contributed by atoms with Crippen LogP contribution in [0.2, 0.25) is 5.02 Å². The normalized spacial score (nSPS) is 14.8. The monoisotopic (exact) mass is 845 g/mol. The summed E-state index contributed by atoms with van der Waals surface area (Å²) >= 11 is 7.04. The summed E-state index contributed by atoms with van der Waals surface area (Å²) < 4.78 is 8.66. The maximum atomic E-state index is 13.2. The second-order valence-corrected chi connectivity index (χ2v) is 16.4.